The van der Waals surface area contributed by atoms with Crippen molar-refractivity contribution < 1.29 is 9.84 Å². The molecule has 0 aliphatic carbocycles. The van der Waals surface area contributed by atoms with Gasteiger partial charge in [0, 0.05) is 0 Å². The van der Waals surface area contributed by atoms with Crippen molar-refractivity contribution in [3.05, 3.63) is 0 Å². The van der Waals surface area contributed by atoms with Gasteiger partial charge in [-0.15, -0.1) is 0 Å². The van der Waals surface area contributed by atoms with Crippen LogP contribution in [0, 0.1) is 5.92 Å². The second-order valence-electron chi connectivity index (χ2n) is 2.89. The summed E-state index contributed by atoms with van der Waals surface area (Å²) in [6, 6.07) is 0. The van der Waals surface area contributed by atoms with Crippen LogP contribution in [0.3, 0.4) is 0 Å². The van der Waals surface area contributed by atoms with Gasteiger partial charge in [-0.1, -0.05) is 6.92 Å². The highest BCUT2D eigenvalue weighted by Gasteiger charge is 2.18. The Bertz CT molecular complexity index is 97.5. The van der Waals surface area contributed by atoms with E-state index in [4.69, 9.17) is 9.84 Å². The lowest BCUT2D eigenvalue weighted by molar-refractivity contribution is -0.137. The summed E-state index contributed by atoms with van der Waals surface area (Å²) in [5.41, 5.74) is 0. The van der Waals surface area contributed by atoms with Crippen LogP contribution < -0.4 is 0 Å². The van der Waals surface area contributed by atoms with E-state index in [1.165, 1.54) is 11.5 Å². The summed E-state index contributed by atoms with van der Waals surface area (Å²) in [5.74, 6) is 3.03. The number of rotatable bonds is 3. The van der Waals surface area contributed by atoms with Crippen molar-refractivity contribution in [1.29, 1.82) is 0 Å². The molecule has 0 amide bonds. The molecule has 2 unspecified atom stereocenters. The summed E-state index contributed by atoms with van der Waals surface area (Å²) in [6.07, 6.45) is 1.45. The van der Waals surface area contributed by atoms with Crippen LogP contribution in [0.5, 0.6) is 0 Å². The van der Waals surface area contributed by atoms with Crippen molar-refractivity contribution in [3.8, 4) is 0 Å². The Morgan fingerprint density at radius 1 is 1.55 bits per heavy atom. The van der Waals surface area contributed by atoms with Crippen molar-refractivity contribution in [1.82, 2.24) is 0 Å². The standard InChI is InChI=1S/C8H16O2S/c1-2-11-6-7-3-4-8(9)10-5-7/h7-9H,2-6H2,1H3. The summed E-state index contributed by atoms with van der Waals surface area (Å²) in [4.78, 5) is 0. The predicted molar refractivity (Wildman–Crippen MR) is 47.7 cm³/mol. The van der Waals surface area contributed by atoms with E-state index >= 15 is 0 Å². The summed E-state index contributed by atoms with van der Waals surface area (Å²) in [6.45, 7) is 2.91. The largest absolute Gasteiger partial charge is 0.368 e. The zero-order valence-electron chi connectivity index (χ0n) is 6.95. The van der Waals surface area contributed by atoms with Gasteiger partial charge < -0.3 is 9.84 Å². The van der Waals surface area contributed by atoms with E-state index in [2.05, 4.69) is 6.92 Å². The van der Waals surface area contributed by atoms with E-state index in [0.29, 0.717) is 5.92 Å². The Labute approximate surface area is 72.3 Å². The van der Waals surface area contributed by atoms with Gasteiger partial charge in [-0.05, 0) is 30.3 Å². The summed E-state index contributed by atoms with van der Waals surface area (Å²) in [5, 5.41) is 9.02. The van der Waals surface area contributed by atoms with Gasteiger partial charge in [0.25, 0.3) is 0 Å². The number of aliphatic hydroxyl groups excluding tert-OH is 1. The topological polar surface area (TPSA) is 29.5 Å². The molecule has 0 spiro atoms. The highest BCUT2D eigenvalue weighted by Crippen LogP contribution is 2.20. The summed E-state index contributed by atoms with van der Waals surface area (Å²) < 4.78 is 5.13. The van der Waals surface area contributed by atoms with Gasteiger partial charge in [0.15, 0.2) is 6.29 Å². The molecule has 1 saturated heterocycles. The fourth-order valence-electron chi connectivity index (χ4n) is 1.21. The molecule has 11 heavy (non-hydrogen) atoms. The SMILES string of the molecule is CCSCC1CCC(O)OC1. The Morgan fingerprint density at radius 3 is 2.91 bits per heavy atom. The van der Waals surface area contributed by atoms with Crippen molar-refractivity contribution >= 4 is 11.8 Å². The van der Waals surface area contributed by atoms with Gasteiger partial charge >= 0.3 is 0 Å². The molecule has 0 aromatic heterocycles. The number of hydrogen-bond donors (Lipinski definition) is 1. The van der Waals surface area contributed by atoms with E-state index in [0.717, 1.165) is 19.4 Å². The average molecular weight is 176 g/mol. The molecule has 1 heterocycles. The van der Waals surface area contributed by atoms with Gasteiger partial charge in [-0.2, -0.15) is 11.8 Å². The molecule has 0 radical (unpaired) electrons. The number of hydrogen-bond acceptors (Lipinski definition) is 3. The molecule has 1 fully saturated rings. The first-order chi connectivity index (χ1) is 5.33. The first-order valence-electron chi connectivity index (χ1n) is 4.20. The molecule has 66 valence electrons. The molecule has 2 nitrogen and oxygen atoms in total. The zero-order valence-corrected chi connectivity index (χ0v) is 7.77. The first kappa shape index (κ1) is 9.36. The fourth-order valence-corrected chi connectivity index (χ4v) is 2.04. The third-order valence-corrected chi connectivity index (χ3v) is 3.02. The second kappa shape index (κ2) is 5.01. The number of thioether (sulfide) groups is 1. The Morgan fingerprint density at radius 2 is 2.36 bits per heavy atom. The normalized spacial score (nSPS) is 32.2. The maximum absolute atomic E-state index is 9.02. The van der Waals surface area contributed by atoms with E-state index < -0.39 is 6.29 Å². The van der Waals surface area contributed by atoms with Crippen LogP contribution in [0.15, 0.2) is 0 Å². The lowest BCUT2D eigenvalue weighted by Crippen LogP contribution is -2.26. The minimum atomic E-state index is -0.488. The van der Waals surface area contributed by atoms with Crippen molar-refractivity contribution in [3.63, 3.8) is 0 Å². The average Bonchev–Trinajstić information content (AvgIpc) is 2.04. The van der Waals surface area contributed by atoms with E-state index in [9.17, 15) is 0 Å². The fraction of sp³-hybridized carbons (Fsp3) is 1.00. The Hall–Kier alpha value is 0.270. The molecule has 0 aromatic carbocycles. The Kier molecular flexibility index (Phi) is 4.26. The molecular formula is C8H16O2S. The highest BCUT2D eigenvalue weighted by atomic mass is 32.2. The Balaban J connectivity index is 2.07. The van der Waals surface area contributed by atoms with E-state index in [1.54, 1.807) is 0 Å². The summed E-state index contributed by atoms with van der Waals surface area (Å²) in [7, 11) is 0. The molecular weight excluding hydrogens is 160 g/mol. The maximum Gasteiger partial charge on any atom is 0.154 e. The van der Waals surface area contributed by atoms with E-state index in [1.807, 2.05) is 11.8 Å². The molecule has 1 aliphatic heterocycles. The molecule has 2 atom stereocenters. The van der Waals surface area contributed by atoms with Crippen LogP contribution in [0.25, 0.3) is 0 Å². The minimum absolute atomic E-state index is 0.488. The van der Waals surface area contributed by atoms with Crippen LogP contribution in [0.4, 0.5) is 0 Å². The maximum atomic E-state index is 9.02. The molecule has 0 bridgehead atoms. The van der Waals surface area contributed by atoms with E-state index in [-0.39, 0.29) is 0 Å². The van der Waals surface area contributed by atoms with Gasteiger partial charge in [-0.25, -0.2) is 0 Å². The summed E-state index contributed by atoms with van der Waals surface area (Å²) >= 11 is 1.95. The minimum Gasteiger partial charge on any atom is -0.368 e. The molecule has 0 aromatic rings. The second-order valence-corrected chi connectivity index (χ2v) is 4.21. The van der Waals surface area contributed by atoms with Crippen LogP contribution in [0.2, 0.25) is 0 Å². The lowest BCUT2D eigenvalue weighted by Gasteiger charge is -2.25. The molecule has 1 N–H and O–H groups in total. The highest BCUT2D eigenvalue weighted by molar-refractivity contribution is 7.99. The van der Waals surface area contributed by atoms with Crippen LogP contribution >= 0.6 is 11.8 Å². The molecule has 3 heteroatoms. The van der Waals surface area contributed by atoms with Gasteiger partial charge in [0.1, 0.15) is 0 Å². The first-order valence-corrected chi connectivity index (χ1v) is 5.35. The zero-order chi connectivity index (χ0) is 8.10. The van der Waals surface area contributed by atoms with Gasteiger partial charge in [0.2, 0.25) is 0 Å². The van der Waals surface area contributed by atoms with Crippen molar-refractivity contribution in [2.45, 2.75) is 26.1 Å². The molecule has 0 saturated carbocycles. The molecule has 1 aliphatic rings. The number of ether oxygens (including phenoxy) is 1. The predicted octanol–water partition coefficient (Wildman–Crippen LogP) is 1.48. The van der Waals surface area contributed by atoms with Crippen molar-refractivity contribution in [2.75, 3.05) is 18.1 Å². The van der Waals surface area contributed by atoms with Crippen LogP contribution in [-0.2, 0) is 4.74 Å². The molecule has 1 rings (SSSR count). The quantitative estimate of drug-likeness (QED) is 0.706. The van der Waals surface area contributed by atoms with Crippen LogP contribution in [0.1, 0.15) is 19.8 Å². The lowest BCUT2D eigenvalue weighted by atomic mass is 10.0. The third kappa shape index (κ3) is 3.45. The number of aliphatic hydroxyl groups is 1. The van der Waals surface area contributed by atoms with Gasteiger partial charge in [0.05, 0.1) is 6.61 Å². The van der Waals surface area contributed by atoms with Crippen molar-refractivity contribution in [2.24, 2.45) is 5.92 Å². The smallest absolute Gasteiger partial charge is 0.154 e. The monoisotopic (exact) mass is 176 g/mol. The van der Waals surface area contributed by atoms with Gasteiger partial charge in [-0.3, -0.25) is 0 Å². The van der Waals surface area contributed by atoms with Crippen LogP contribution in [-0.4, -0.2) is 29.5 Å². The third-order valence-electron chi connectivity index (χ3n) is 1.90.